The van der Waals surface area contributed by atoms with E-state index in [2.05, 4.69) is 6.07 Å². The van der Waals surface area contributed by atoms with Gasteiger partial charge in [0.2, 0.25) is 5.91 Å². The molecule has 134 valence electrons. The number of rotatable bonds is 5. The summed E-state index contributed by atoms with van der Waals surface area (Å²) in [5.41, 5.74) is 2.38. The first-order valence-electron chi connectivity index (χ1n) is 8.33. The molecule has 27 heavy (non-hydrogen) atoms. The Bertz CT molecular complexity index is 996. The Morgan fingerprint density at radius 2 is 1.81 bits per heavy atom. The van der Waals surface area contributed by atoms with Crippen molar-refractivity contribution in [2.45, 2.75) is 6.54 Å². The van der Waals surface area contributed by atoms with E-state index in [9.17, 15) is 4.79 Å². The highest BCUT2D eigenvalue weighted by Gasteiger charge is 2.10. The third-order valence-electron chi connectivity index (χ3n) is 4.02. The molecule has 1 heterocycles. The van der Waals surface area contributed by atoms with Crippen LogP contribution in [0.2, 0.25) is 5.02 Å². The summed E-state index contributed by atoms with van der Waals surface area (Å²) < 4.78 is 5.83. The summed E-state index contributed by atoms with van der Waals surface area (Å²) in [5, 5.41) is 9.47. The van der Waals surface area contributed by atoms with Crippen LogP contribution in [0, 0.1) is 11.3 Å². The molecule has 0 N–H and O–H groups in total. The molecule has 4 nitrogen and oxygen atoms in total. The van der Waals surface area contributed by atoms with Gasteiger partial charge in [-0.05, 0) is 60.2 Å². The second-order valence-electron chi connectivity index (χ2n) is 6.03. The van der Waals surface area contributed by atoms with E-state index in [0.29, 0.717) is 22.9 Å². The zero-order valence-electron chi connectivity index (χ0n) is 14.7. The van der Waals surface area contributed by atoms with Gasteiger partial charge in [-0.25, -0.2) is 0 Å². The number of amides is 1. The highest BCUT2D eigenvalue weighted by Crippen LogP contribution is 2.24. The van der Waals surface area contributed by atoms with Crippen molar-refractivity contribution in [3.8, 4) is 17.4 Å². The summed E-state index contributed by atoms with van der Waals surface area (Å²) >= 11 is 5.90. The van der Waals surface area contributed by atoms with Gasteiger partial charge in [0.05, 0.1) is 18.2 Å². The lowest BCUT2D eigenvalue weighted by atomic mass is 10.1. The number of halogens is 1. The van der Waals surface area contributed by atoms with Crippen molar-refractivity contribution < 1.29 is 9.21 Å². The van der Waals surface area contributed by atoms with Crippen molar-refractivity contribution in [1.82, 2.24) is 4.90 Å². The van der Waals surface area contributed by atoms with Crippen LogP contribution in [0.25, 0.3) is 17.4 Å². The molecule has 1 amide bonds. The number of benzene rings is 2. The SMILES string of the molecule is CN(Cc1ccc(-c2ccc(Cl)cc2)o1)C(=O)/C=C/c1ccc(C#N)cc1. The summed E-state index contributed by atoms with van der Waals surface area (Å²) in [5.74, 6) is 1.29. The minimum absolute atomic E-state index is 0.135. The fraction of sp³-hybridized carbons (Fsp3) is 0.0909. The third kappa shape index (κ3) is 4.87. The molecular formula is C22H17ClN2O2. The average molecular weight is 377 g/mol. The van der Waals surface area contributed by atoms with Gasteiger partial charge in [-0.2, -0.15) is 5.26 Å². The highest BCUT2D eigenvalue weighted by molar-refractivity contribution is 6.30. The molecule has 3 rings (SSSR count). The second-order valence-corrected chi connectivity index (χ2v) is 6.47. The summed E-state index contributed by atoms with van der Waals surface area (Å²) in [4.78, 5) is 13.9. The minimum Gasteiger partial charge on any atom is -0.459 e. The minimum atomic E-state index is -0.135. The molecule has 0 bridgehead atoms. The number of carbonyl (C=O) groups excluding carboxylic acids is 1. The van der Waals surface area contributed by atoms with Crippen LogP contribution in [0.15, 0.2) is 71.2 Å². The molecule has 2 aromatic carbocycles. The summed E-state index contributed by atoms with van der Waals surface area (Å²) in [6.07, 6.45) is 3.23. The van der Waals surface area contributed by atoms with Crippen molar-refractivity contribution in [2.75, 3.05) is 7.05 Å². The summed E-state index contributed by atoms with van der Waals surface area (Å²) in [7, 11) is 1.72. The summed E-state index contributed by atoms with van der Waals surface area (Å²) in [6.45, 7) is 0.365. The van der Waals surface area contributed by atoms with Crippen molar-refractivity contribution in [2.24, 2.45) is 0 Å². The molecule has 0 saturated carbocycles. The molecule has 0 aliphatic heterocycles. The van der Waals surface area contributed by atoms with Gasteiger partial charge in [-0.1, -0.05) is 23.7 Å². The molecular weight excluding hydrogens is 360 g/mol. The van der Waals surface area contributed by atoms with Gasteiger partial charge in [-0.15, -0.1) is 0 Å². The Kier molecular flexibility index (Phi) is 5.75. The molecule has 0 atom stereocenters. The van der Waals surface area contributed by atoms with Crippen molar-refractivity contribution in [3.05, 3.63) is 88.6 Å². The van der Waals surface area contributed by atoms with Crippen molar-refractivity contribution in [3.63, 3.8) is 0 Å². The van der Waals surface area contributed by atoms with Gasteiger partial charge in [0.25, 0.3) is 0 Å². The molecule has 0 aliphatic rings. The zero-order valence-corrected chi connectivity index (χ0v) is 15.5. The second kappa shape index (κ2) is 8.39. The Morgan fingerprint density at radius 1 is 1.11 bits per heavy atom. The molecule has 0 spiro atoms. The topological polar surface area (TPSA) is 57.2 Å². The lowest BCUT2D eigenvalue weighted by Gasteiger charge is -2.13. The van der Waals surface area contributed by atoms with Gasteiger partial charge in [0, 0.05) is 23.7 Å². The van der Waals surface area contributed by atoms with E-state index in [4.69, 9.17) is 21.3 Å². The smallest absolute Gasteiger partial charge is 0.246 e. The van der Waals surface area contributed by atoms with E-state index >= 15 is 0 Å². The Hall–Kier alpha value is -3.29. The van der Waals surface area contributed by atoms with Crippen LogP contribution in [0.1, 0.15) is 16.9 Å². The quantitative estimate of drug-likeness (QED) is 0.579. The molecule has 3 aromatic rings. The average Bonchev–Trinajstić information content (AvgIpc) is 3.15. The number of likely N-dealkylation sites (N-methyl/N-ethyl adjacent to an activating group) is 1. The van der Waals surface area contributed by atoms with E-state index in [1.54, 1.807) is 42.3 Å². The standard InChI is InChI=1S/C22H17ClN2O2/c1-25(22(26)13-6-16-2-4-17(14-24)5-3-16)15-20-11-12-21(27-20)18-7-9-19(23)10-8-18/h2-13H,15H2,1H3/b13-6+. The number of hydrogen-bond donors (Lipinski definition) is 0. The lowest BCUT2D eigenvalue weighted by Crippen LogP contribution is -2.23. The monoisotopic (exact) mass is 376 g/mol. The van der Waals surface area contributed by atoms with Crippen LogP contribution in [0.3, 0.4) is 0 Å². The maximum atomic E-state index is 12.3. The van der Waals surface area contributed by atoms with Gasteiger partial charge in [-0.3, -0.25) is 4.79 Å². The molecule has 0 aliphatic carbocycles. The Morgan fingerprint density at radius 3 is 2.48 bits per heavy atom. The normalized spacial score (nSPS) is 10.7. The van der Waals surface area contributed by atoms with Crippen LogP contribution in [0.4, 0.5) is 0 Å². The molecule has 0 saturated heterocycles. The summed E-state index contributed by atoms with van der Waals surface area (Å²) in [6, 6.07) is 20.2. The molecule has 0 unspecified atom stereocenters. The first kappa shape index (κ1) is 18.5. The predicted molar refractivity (Wildman–Crippen MR) is 106 cm³/mol. The largest absolute Gasteiger partial charge is 0.459 e. The van der Waals surface area contributed by atoms with E-state index in [-0.39, 0.29) is 5.91 Å². The number of carbonyl (C=O) groups is 1. The fourth-order valence-electron chi connectivity index (χ4n) is 2.51. The van der Waals surface area contributed by atoms with Gasteiger partial charge >= 0.3 is 0 Å². The zero-order chi connectivity index (χ0) is 19.2. The van der Waals surface area contributed by atoms with Gasteiger partial charge in [0.15, 0.2) is 0 Å². The maximum Gasteiger partial charge on any atom is 0.246 e. The number of furan rings is 1. The highest BCUT2D eigenvalue weighted by atomic mass is 35.5. The lowest BCUT2D eigenvalue weighted by molar-refractivity contribution is -0.125. The van der Waals surface area contributed by atoms with Crippen LogP contribution in [0.5, 0.6) is 0 Å². The fourth-order valence-corrected chi connectivity index (χ4v) is 2.63. The van der Waals surface area contributed by atoms with Gasteiger partial charge < -0.3 is 9.32 Å². The van der Waals surface area contributed by atoms with E-state index in [1.165, 1.54) is 6.08 Å². The first-order chi connectivity index (χ1) is 13.0. The molecule has 5 heteroatoms. The van der Waals surface area contributed by atoms with Crippen LogP contribution in [-0.2, 0) is 11.3 Å². The van der Waals surface area contributed by atoms with Gasteiger partial charge in [0.1, 0.15) is 11.5 Å². The molecule has 0 fully saturated rings. The Balaban J connectivity index is 1.61. The van der Waals surface area contributed by atoms with Crippen molar-refractivity contribution in [1.29, 1.82) is 5.26 Å². The van der Waals surface area contributed by atoms with E-state index in [1.807, 2.05) is 36.4 Å². The number of nitrogens with zero attached hydrogens (tertiary/aromatic N) is 2. The third-order valence-corrected chi connectivity index (χ3v) is 4.27. The predicted octanol–water partition coefficient (Wildman–Crippen LogP) is 5.14. The van der Waals surface area contributed by atoms with Crippen LogP contribution >= 0.6 is 11.6 Å². The Labute approximate surface area is 162 Å². The van der Waals surface area contributed by atoms with Crippen molar-refractivity contribution >= 4 is 23.6 Å². The van der Waals surface area contributed by atoms with Crippen LogP contribution < -0.4 is 0 Å². The van der Waals surface area contributed by atoms with Crippen LogP contribution in [-0.4, -0.2) is 17.9 Å². The number of hydrogen-bond acceptors (Lipinski definition) is 3. The van der Waals surface area contributed by atoms with E-state index < -0.39 is 0 Å². The first-order valence-corrected chi connectivity index (χ1v) is 8.71. The molecule has 0 radical (unpaired) electrons. The van der Waals surface area contributed by atoms with E-state index in [0.717, 1.165) is 16.9 Å². The number of nitriles is 1. The molecule has 1 aromatic heterocycles. The maximum absolute atomic E-state index is 12.3.